The van der Waals surface area contributed by atoms with Crippen LogP contribution in [-0.2, 0) is 0 Å². The summed E-state index contributed by atoms with van der Waals surface area (Å²) in [5.74, 6) is 1.62. The normalized spacial score (nSPS) is 23.7. The van der Waals surface area contributed by atoms with E-state index in [1.807, 2.05) is 6.20 Å². The van der Waals surface area contributed by atoms with Crippen LogP contribution in [0.4, 0.5) is 11.5 Å². The molecule has 0 saturated heterocycles. The number of aromatic nitrogens is 1. The van der Waals surface area contributed by atoms with Crippen molar-refractivity contribution in [2.45, 2.75) is 63.5 Å². The van der Waals surface area contributed by atoms with Crippen LogP contribution in [-0.4, -0.2) is 17.1 Å². The Labute approximate surface area is 144 Å². The number of pyridine rings is 1. The number of hydrogen-bond donors (Lipinski definition) is 2. The van der Waals surface area contributed by atoms with Crippen molar-refractivity contribution in [3.8, 4) is 0 Å². The van der Waals surface area contributed by atoms with E-state index in [2.05, 4.69) is 58.9 Å². The molecular weight excluding hydrogens is 294 g/mol. The Kier molecular flexibility index (Phi) is 4.42. The maximum Gasteiger partial charge on any atom is 0.126 e. The highest BCUT2D eigenvalue weighted by molar-refractivity contribution is 5.49. The summed E-state index contributed by atoms with van der Waals surface area (Å²) >= 11 is 0. The number of nitrogens with one attached hydrogen (secondary N) is 2. The largest absolute Gasteiger partial charge is 0.380 e. The second-order valence-corrected chi connectivity index (χ2v) is 7.40. The molecule has 2 aliphatic carbocycles. The highest BCUT2D eigenvalue weighted by atomic mass is 15.0. The third-order valence-electron chi connectivity index (χ3n) is 5.59. The van der Waals surface area contributed by atoms with Crippen LogP contribution in [0.5, 0.6) is 0 Å². The van der Waals surface area contributed by atoms with Gasteiger partial charge in [-0.2, -0.15) is 0 Å². The highest BCUT2D eigenvalue weighted by Crippen LogP contribution is 2.36. The quantitative estimate of drug-likeness (QED) is 0.804. The van der Waals surface area contributed by atoms with E-state index in [0.717, 1.165) is 11.5 Å². The third-order valence-corrected chi connectivity index (χ3v) is 5.59. The molecule has 0 radical (unpaired) electrons. The van der Waals surface area contributed by atoms with Gasteiger partial charge in [-0.1, -0.05) is 36.2 Å². The van der Waals surface area contributed by atoms with Crippen molar-refractivity contribution in [1.82, 2.24) is 4.98 Å². The van der Waals surface area contributed by atoms with E-state index >= 15 is 0 Å². The van der Waals surface area contributed by atoms with Crippen LogP contribution in [0.3, 0.4) is 0 Å². The number of benzene rings is 1. The number of anilines is 2. The minimum absolute atomic E-state index is 0.514. The van der Waals surface area contributed by atoms with Gasteiger partial charge in [-0.3, -0.25) is 0 Å². The molecule has 1 aromatic carbocycles. The molecule has 2 aromatic rings. The third kappa shape index (κ3) is 3.40. The van der Waals surface area contributed by atoms with Crippen molar-refractivity contribution in [3.63, 3.8) is 0 Å². The molecular formula is C21H27N3. The van der Waals surface area contributed by atoms with Gasteiger partial charge < -0.3 is 10.6 Å². The SMILES string of the molecule is Cc1ccc(C2CCCC2Nc2ccc(NC3CCC3)nc2)cc1. The average Bonchev–Trinajstić information content (AvgIpc) is 3.01. The summed E-state index contributed by atoms with van der Waals surface area (Å²) in [6.45, 7) is 2.15. The summed E-state index contributed by atoms with van der Waals surface area (Å²) in [6.07, 6.45) is 9.69. The zero-order valence-corrected chi connectivity index (χ0v) is 14.5. The van der Waals surface area contributed by atoms with Crippen molar-refractivity contribution in [2.24, 2.45) is 0 Å². The molecule has 1 heterocycles. The van der Waals surface area contributed by atoms with Crippen LogP contribution in [0.1, 0.15) is 55.6 Å². The molecule has 2 unspecified atom stereocenters. The van der Waals surface area contributed by atoms with Crippen molar-refractivity contribution >= 4 is 11.5 Å². The van der Waals surface area contributed by atoms with Gasteiger partial charge in [-0.05, 0) is 56.7 Å². The van der Waals surface area contributed by atoms with Crippen molar-refractivity contribution in [2.75, 3.05) is 10.6 Å². The summed E-state index contributed by atoms with van der Waals surface area (Å²) in [6, 6.07) is 14.5. The number of hydrogen-bond acceptors (Lipinski definition) is 3. The fourth-order valence-corrected chi connectivity index (χ4v) is 3.89. The monoisotopic (exact) mass is 321 g/mol. The molecule has 0 aliphatic heterocycles. The van der Waals surface area contributed by atoms with Gasteiger partial charge in [0.05, 0.1) is 11.9 Å². The van der Waals surface area contributed by atoms with Gasteiger partial charge in [0.15, 0.2) is 0 Å². The summed E-state index contributed by atoms with van der Waals surface area (Å²) in [5.41, 5.74) is 3.94. The molecule has 3 nitrogen and oxygen atoms in total. The molecule has 2 atom stereocenters. The summed E-state index contributed by atoms with van der Waals surface area (Å²) in [5, 5.41) is 7.22. The Bertz CT molecular complexity index is 658. The van der Waals surface area contributed by atoms with E-state index < -0.39 is 0 Å². The first-order valence-corrected chi connectivity index (χ1v) is 9.33. The second kappa shape index (κ2) is 6.84. The van der Waals surface area contributed by atoms with Crippen molar-refractivity contribution in [3.05, 3.63) is 53.7 Å². The lowest BCUT2D eigenvalue weighted by atomic mass is 9.93. The molecule has 1 aromatic heterocycles. The van der Waals surface area contributed by atoms with Crippen LogP contribution >= 0.6 is 0 Å². The summed E-state index contributed by atoms with van der Waals surface area (Å²) < 4.78 is 0. The molecule has 2 N–H and O–H groups in total. The predicted molar refractivity (Wildman–Crippen MR) is 101 cm³/mol. The first kappa shape index (κ1) is 15.5. The topological polar surface area (TPSA) is 37.0 Å². The van der Waals surface area contributed by atoms with E-state index in [1.165, 1.54) is 49.7 Å². The predicted octanol–water partition coefficient (Wildman–Crippen LogP) is 5.10. The van der Waals surface area contributed by atoms with Gasteiger partial charge in [0.25, 0.3) is 0 Å². The maximum atomic E-state index is 4.58. The van der Waals surface area contributed by atoms with Crippen molar-refractivity contribution in [1.29, 1.82) is 0 Å². The molecule has 2 saturated carbocycles. The molecule has 0 spiro atoms. The van der Waals surface area contributed by atoms with Gasteiger partial charge in [0.2, 0.25) is 0 Å². The van der Waals surface area contributed by atoms with Crippen LogP contribution in [0.15, 0.2) is 42.6 Å². The first-order chi connectivity index (χ1) is 11.8. The van der Waals surface area contributed by atoms with Crippen LogP contribution in [0.2, 0.25) is 0 Å². The van der Waals surface area contributed by atoms with E-state index in [9.17, 15) is 0 Å². The molecule has 2 fully saturated rings. The van der Waals surface area contributed by atoms with Gasteiger partial charge in [0.1, 0.15) is 5.82 Å². The van der Waals surface area contributed by atoms with Gasteiger partial charge in [-0.15, -0.1) is 0 Å². The Morgan fingerprint density at radius 1 is 0.875 bits per heavy atom. The van der Waals surface area contributed by atoms with Crippen LogP contribution < -0.4 is 10.6 Å². The van der Waals surface area contributed by atoms with E-state index in [-0.39, 0.29) is 0 Å². The van der Waals surface area contributed by atoms with Crippen LogP contribution in [0, 0.1) is 6.92 Å². The highest BCUT2D eigenvalue weighted by Gasteiger charge is 2.28. The summed E-state index contributed by atoms with van der Waals surface area (Å²) in [4.78, 5) is 4.58. The smallest absolute Gasteiger partial charge is 0.126 e. The van der Waals surface area contributed by atoms with Crippen LogP contribution in [0.25, 0.3) is 0 Å². The molecule has 3 heteroatoms. The first-order valence-electron chi connectivity index (χ1n) is 9.33. The average molecular weight is 321 g/mol. The Hall–Kier alpha value is -2.03. The molecule has 24 heavy (non-hydrogen) atoms. The van der Waals surface area contributed by atoms with Gasteiger partial charge in [0, 0.05) is 18.0 Å². The van der Waals surface area contributed by atoms with E-state index in [0.29, 0.717) is 18.0 Å². The summed E-state index contributed by atoms with van der Waals surface area (Å²) in [7, 11) is 0. The number of aryl methyl sites for hydroxylation is 1. The molecule has 0 amide bonds. The molecule has 2 aliphatic rings. The fraction of sp³-hybridized carbons (Fsp3) is 0.476. The standard InChI is InChI=1S/C21H27N3/c1-15-8-10-16(11-9-15)19-6-3-7-20(19)23-18-12-13-21(22-14-18)24-17-4-2-5-17/h8-14,17,19-20,23H,2-7H2,1H3,(H,22,24). The second-order valence-electron chi connectivity index (χ2n) is 7.40. The fourth-order valence-electron chi connectivity index (χ4n) is 3.89. The number of nitrogens with zero attached hydrogens (tertiary/aromatic N) is 1. The Balaban J connectivity index is 1.40. The zero-order chi connectivity index (χ0) is 16.4. The van der Waals surface area contributed by atoms with Crippen molar-refractivity contribution < 1.29 is 0 Å². The lowest BCUT2D eigenvalue weighted by Crippen LogP contribution is -2.27. The molecule has 0 bridgehead atoms. The number of rotatable bonds is 5. The van der Waals surface area contributed by atoms with E-state index in [1.54, 1.807) is 0 Å². The molecule has 126 valence electrons. The minimum Gasteiger partial charge on any atom is -0.380 e. The Morgan fingerprint density at radius 3 is 2.33 bits per heavy atom. The maximum absolute atomic E-state index is 4.58. The Morgan fingerprint density at radius 2 is 1.67 bits per heavy atom. The van der Waals surface area contributed by atoms with E-state index in [4.69, 9.17) is 0 Å². The van der Waals surface area contributed by atoms with Gasteiger partial charge in [-0.25, -0.2) is 4.98 Å². The zero-order valence-electron chi connectivity index (χ0n) is 14.5. The van der Waals surface area contributed by atoms with Gasteiger partial charge >= 0.3 is 0 Å². The molecule has 4 rings (SSSR count). The lowest BCUT2D eigenvalue weighted by Gasteiger charge is -2.27. The minimum atomic E-state index is 0.514. The lowest BCUT2D eigenvalue weighted by molar-refractivity contribution is 0.444.